The second kappa shape index (κ2) is 23.0. The average Bonchev–Trinajstić information content (AvgIpc) is 2.95. The Morgan fingerprint density at radius 2 is 1.07 bits per heavy atom. The number of allylic oxidation sites excluding steroid dienone is 8. The van der Waals surface area contributed by atoms with Gasteiger partial charge in [0.2, 0.25) is 0 Å². The van der Waals surface area contributed by atoms with Crippen LogP contribution in [0.2, 0.25) is 0 Å². The fourth-order valence-electron chi connectivity index (χ4n) is 5.31. The van der Waals surface area contributed by atoms with Crippen molar-refractivity contribution in [3.8, 4) is 0 Å². The van der Waals surface area contributed by atoms with Gasteiger partial charge in [0.05, 0.1) is 48.8 Å². The molecule has 0 aliphatic carbocycles. The maximum absolute atomic E-state index is 12.4. The first kappa shape index (κ1) is 41.6. The Bertz CT molecular complexity index is 1020. The molecule has 0 spiro atoms. The molecule has 8 N–H and O–H groups in total. The molecule has 0 aromatic rings. The minimum absolute atomic E-state index is 0.00324. The largest absolute Gasteiger partial charge is 0.458 e. The van der Waals surface area contributed by atoms with E-state index in [1.54, 1.807) is 67.7 Å². The maximum Gasteiger partial charge on any atom is 0.331 e. The van der Waals surface area contributed by atoms with Gasteiger partial charge in [-0.05, 0) is 44.4 Å². The topological polar surface area (TPSA) is 188 Å². The van der Waals surface area contributed by atoms with Gasteiger partial charge in [-0.2, -0.15) is 0 Å². The van der Waals surface area contributed by atoms with Crippen molar-refractivity contribution in [1.29, 1.82) is 0 Å². The number of hydrogen-bond donors (Lipinski definition) is 8. The number of carbonyl (C=O) groups excluding carboxylic acids is 1. The predicted molar refractivity (Wildman–Crippen MR) is 178 cm³/mol. The van der Waals surface area contributed by atoms with Crippen molar-refractivity contribution < 1.29 is 50.4 Å². The zero-order valence-electron chi connectivity index (χ0n) is 27.7. The first-order chi connectivity index (χ1) is 21.7. The summed E-state index contributed by atoms with van der Waals surface area (Å²) >= 11 is 0. The molecule has 1 rings (SSSR count). The van der Waals surface area contributed by atoms with Gasteiger partial charge in [-0.1, -0.05) is 94.5 Å². The quantitative estimate of drug-likeness (QED) is 0.155. The summed E-state index contributed by atoms with van der Waals surface area (Å²) in [6.45, 7) is 7.40. The van der Waals surface area contributed by atoms with Gasteiger partial charge >= 0.3 is 5.97 Å². The molecule has 0 saturated carbocycles. The fourth-order valence-corrected chi connectivity index (χ4v) is 5.31. The molecule has 1 aliphatic heterocycles. The van der Waals surface area contributed by atoms with Crippen LogP contribution in [-0.4, -0.2) is 102 Å². The molecule has 10 heteroatoms. The lowest BCUT2D eigenvalue weighted by molar-refractivity contribution is -0.147. The molecule has 1 heterocycles. The lowest BCUT2D eigenvalue weighted by Gasteiger charge is -2.26. The number of esters is 1. The van der Waals surface area contributed by atoms with Crippen LogP contribution in [0.25, 0.3) is 0 Å². The summed E-state index contributed by atoms with van der Waals surface area (Å²) < 4.78 is 5.65. The van der Waals surface area contributed by atoms with E-state index in [1.807, 2.05) is 20.8 Å². The van der Waals surface area contributed by atoms with Crippen LogP contribution in [0, 0.1) is 17.8 Å². The Hall–Kier alpha value is -2.41. The Morgan fingerprint density at radius 1 is 0.609 bits per heavy atom. The summed E-state index contributed by atoms with van der Waals surface area (Å²) in [5.74, 6) is -1.25. The van der Waals surface area contributed by atoms with Crippen molar-refractivity contribution in [1.82, 2.24) is 0 Å². The lowest BCUT2D eigenvalue weighted by Crippen LogP contribution is -2.34. The van der Waals surface area contributed by atoms with Gasteiger partial charge in [0, 0.05) is 24.3 Å². The molecule has 0 aromatic heterocycles. The van der Waals surface area contributed by atoms with E-state index in [0.29, 0.717) is 6.42 Å². The van der Waals surface area contributed by atoms with Gasteiger partial charge in [0.1, 0.15) is 6.10 Å². The molecule has 0 radical (unpaired) electrons. The van der Waals surface area contributed by atoms with Gasteiger partial charge in [0.25, 0.3) is 0 Å². The first-order valence-electron chi connectivity index (χ1n) is 16.4. The van der Waals surface area contributed by atoms with Gasteiger partial charge in [0.15, 0.2) is 0 Å². The molecular formula is C36H58O10. The van der Waals surface area contributed by atoms with E-state index in [9.17, 15) is 45.6 Å². The molecule has 0 bridgehead atoms. The highest BCUT2D eigenvalue weighted by Gasteiger charge is 2.27. The molecule has 11 atom stereocenters. The summed E-state index contributed by atoms with van der Waals surface area (Å²) in [6, 6.07) is 0. The summed E-state index contributed by atoms with van der Waals surface area (Å²) in [7, 11) is 0. The van der Waals surface area contributed by atoms with Crippen LogP contribution in [0.4, 0.5) is 0 Å². The van der Waals surface area contributed by atoms with E-state index in [2.05, 4.69) is 0 Å². The molecule has 10 nitrogen and oxygen atoms in total. The Labute approximate surface area is 274 Å². The standard InChI is InChI=1S/C36H58O10/c1-24(2)36-25(3)16-17-27(37)18-28(38)19-29(39)20-30(40)21-31(41)22-32(42)23-34(44)26(4)33(43)14-12-10-8-6-5-7-9-11-13-15-35(45)46-36/h5-13,15-17,24-34,36-44H,14,18-23H2,1-4H3/b7-5-,8-6-,11-9-,12-10-,15-13-,17-16-/t25-,26-,27-,28-,29+,30?,31+,32+,33-,34+,36-/m0/s1. The van der Waals surface area contributed by atoms with E-state index in [4.69, 9.17) is 4.74 Å². The first-order valence-corrected chi connectivity index (χ1v) is 16.4. The summed E-state index contributed by atoms with van der Waals surface area (Å²) in [4.78, 5) is 12.4. The number of aliphatic hydroxyl groups is 8. The molecule has 0 aromatic carbocycles. The zero-order chi connectivity index (χ0) is 34.6. The number of hydrogen-bond acceptors (Lipinski definition) is 10. The van der Waals surface area contributed by atoms with Crippen LogP contribution in [0.5, 0.6) is 0 Å². The Balaban J connectivity index is 2.98. The Morgan fingerprint density at radius 3 is 1.59 bits per heavy atom. The normalized spacial score (nSPS) is 40.4. The molecule has 262 valence electrons. The molecule has 46 heavy (non-hydrogen) atoms. The molecule has 1 aliphatic rings. The highest BCUT2D eigenvalue weighted by Crippen LogP contribution is 2.22. The van der Waals surface area contributed by atoms with Crippen molar-refractivity contribution >= 4 is 5.97 Å². The number of carbonyl (C=O) groups is 1. The van der Waals surface area contributed by atoms with Crippen LogP contribution in [0.15, 0.2) is 72.9 Å². The maximum atomic E-state index is 12.4. The molecule has 0 amide bonds. The SMILES string of the molecule is CC(C)[C@@H]1OC(=O)\C=C/C=C\C=C/C=C\C=C/C[C@H](O)[C@H](C)[C@H](O)C[C@H](O)C[C@H](O)CC(O)C[C@H](O)C[C@@H](O)C[C@@H](O)/C=C\[C@@H]1C. The predicted octanol–water partition coefficient (Wildman–Crippen LogP) is 2.80. The third-order valence-corrected chi connectivity index (χ3v) is 8.01. The van der Waals surface area contributed by atoms with Gasteiger partial charge < -0.3 is 45.6 Å². The van der Waals surface area contributed by atoms with Gasteiger partial charge in [-0.15, -0.1) is 0 Å². The van der Waals surface area contributed by atoms with E-state index in [1.165, 1.54) is 12.2 Å². The average molecular weight is 651 g/mol. The second-order valence-corrected chi connectivity index (χ2v) is 12.8. The smallest absolute Gasteiger partial charge is 0.331 e. The molecule has 0 saturated heterocycles. The van der Waals surface area contributed by atoms with Crippen LogP contribution in [-0.2, 0) is 9.53 Å². The Kier molecular flexibility index (Phi) is 20.8. The summed E-state index contributed by atoms with van der Waals surface area (Å²) in [6.07, 6.45) is 11.3. The van der Waals surface area contributed by atoms with E-state index in [0.717, 1.165) is 0 Å². The van der Waals surface area contributed by atoms with Crippen molar-refractivity contribution in [2.45, 2.75) is 128 Å². The second-order valence-electron chi connectivity index (χ2n) is 12.8. The van der Waals surface area contributed by atoms with Gasteiger partial charge in [-0.25, -0.2) is 4.79 Å². The van der Waals surface area contributed by atoms with Crippen molar-refractivity contribution in [2.75, 3.05) is 0 Å². The van der Waals surface area contributed by atoms with Gasteiger partial charge in [-0.3, -0.25) is 0 Å². The summed E-state index contributed by atoms with van der Waals surface area (Å²) in [5, 5.41) is 83.2. The van der Waals surface area contributed by atoms with Crippen molar-refractivity contribution in [2.24, 2.45) is 17.8 Å². The van der Waals surface area contributed by atoms with E-state index in [-0.39, 0.29) is 50.4 Å². The lowest BCUT2D eigenvalue weighted by atomic mass is 9.90. The van der Waals surface area contributed by atoms with Crippen LogP contribution in [0.1, 0.15) is 72.6 Å². The van der Waals surface area contributed by atoms with E-state index >= 15 is 0 Å². The summed E-state index contributed by atoms with van der Waals surface area (Å²) in [5.41, 5.74) is 0. The van der Waals surface area contributed by atoms with Crippen molar-refractivity contribution in [3.05, 3.63) is 72.9 Å². The van der Waals surface area contributed by atoms with Crippen LogP contribution < -0.4 is 0 Å². The molecule has 1 unspecified atom stereocenters. The number of rotatable bonds is 1. The third kappa shape index (κ3) is 18.7. The molecular weight excluding hydrogens is 592 g/mol. The molecule has 0 fully saturated rings. The number of aliphatic hydroxyl groups excluding tert-OH is 8. The third-order valence-electron chi connectivity index (χ3n) is 8.01. The highest BCUT2D eigenvalue weighted by atomic mass is 16.5. The number of ether oxygens (including phenoxy) is 1. The highest BCUT2D eigenvalue weighted by molar-refractivity contribution is 5.82. The minimum atomic E-state index is -1.10. The fraction of sp³-hybridized carbons (Fsp3) is 0.639. The van der Waals surface area contributed by atoms with Crippen LogP contribution >= 0.6 is 0 Å². The number of cyclic esters (lactones) is 1. The van der Waals surface area contributed by atoms with E-state index < -0.39 is 66.8 Å². The van der Waals surface area contributed by atoms with Crippen molar-refractivity contribution in [3.63, 3.8) is 0 Å². The zero-order valence-corrected chi connectivity index (χ0v) is 27.7. The minimum Gasteiger partial charge on any atom is -0.458 e. The monoisotopic (exact) mass is 650 g/mol. The van der Waals surface area contributed by atoms with Crippen LogP contribution in [0.3, 0.4) is 0 Å².